The van der Waals surface area contributed by atoms with E-state index in [2.05, 4.69) is 0 Å². The van der Waals surface area contributed by atoms with Gasteiger partial charge in [-0.25, -0.2) is 0 Å². The molecule has 2 N–H and O–H groups in total. The summed E-state index contributed by atoms with van der Waals surface area (Å²) in [6.45, 7) is 0. The minimum atomic E-state index is -1.47. The zero-order chi connectivity index (χ0) is 12.6. The number of amides is 1. The Hall–Kier alpha value is -1.88. The zero-order valence-corrected chi connectivity index (χ0v) is 9.28. The van der Waals surface area contributed by atoms with Crippen LogP contribution < -0.4 is 0 Å². The number of likely N-dealkylation sites (N-methyl/N-ethyl adjacent to an activating group) is 1. The summed E-state index contributed by atoms with van der Waals surface area (Å²) in [7, 11) is 1.51. The van der Waals surface area contributed by atoms with Crippen LogP contribution in [0.25, 0.3) is 0 Å². The number of benzene rings is 1. The molecule has 5 heteroatoms. The molecule has 1 heterocycles. The van der Waals surface area contributed by atoms with Crippen LogP contribution in [0.1, 0.15) is 11.6 Å². The van der Waals surface area contributed by atoms with Gasteiger partial charge in [-0.2, -0.15) is 0 Å². The molecule has 0 aromatic heterocycles. The van der Waals surface area contributed by atoms with Crippen molar-refractivity contribution in [2.24, 2.45) is 5.92 Å². The van der Waals surface area contributed by atoms with Crippen LogP contribution in [0, 0.1) is 5.92 Å². The summed E-state index contributed by atoms with van der Waals surface area (Å²) in [6, 6.07) is 8.25. The molecule has 0 saturated carbocycles. The van der Waals surface area contributed by atoms with E-state index >= 15 is 0 Å². The predicted molar refractivity (Wildman–Crippen MR) is 59.1 cm³/mol. The average Bonchev–Trinajstić information content (AvgIpc) is 2.55. The molecule has 0 unspecified atom stereocenters. The lowest BCUT2D eigenvalue weighted by molar-refractivity contribution is -0.147. The van der Waals surface area contributed by atoms with Crippen molar-refractivity contribution in [3.05, 3.63) is 35.9 Å². The predicted octanol–water partition coefficient (Wildman–Crippen LogP) is 0.261. The largest absolute Gasteiger partial charge is 0.481 e. The molecule has 2 rings (SSSR count). The summed E-state index contributed by atoms with van der Waals surface area (Å²) in [4.78, 5) is 24.1. The lowest BCUT2D eigenvalue weighted by Gasteiger charge is -2.22. The minimum absolute atomic E-state index is 0.550. The third-order valence-electron chi connectivity index (χ3n) is 3.12. The maximum Gasteiger partial charge on any atom is 0.312 e. The first-order chi connectivity index (χ1) is 8.04. The van der Waals surface area contributed by atoms with Crippen molar-refractivity contribution in [3.63, 3.8) is 0 Å². The first-order valence-corrected chi connectivity index (χ1v) is 5.26. The summed E-state index contributed by atoms with van der Waals surface area (Å²) < 4.78 is 0. The van der Waals surface area contributed by atoms with E-state index in [1.807, 2.05) is 6.07 Å². The summed E-state index contributed by atoms with van der Waals surface area (Å²) in [5.74, 6) is -2.83. The SMILES string of the molecule is CN1C(=O)[C@@H](O)[C@@H](C(=O)O)[C@@H]1c1ccccc1. The first-order valence-electron chi connectivity index (χ1n) is 5.26. The van der Waals surface area contributed by atoms with E-state index in [9.17, 15) is 14.7 Å². The van der Waals surface area contributed by atoms with Crippen LogP contribution in [0.2, 0.25) is 0 Å². The summed E-state index contributed by atoms with van der Waals surface area (Å²) in [6.07, 6.45) is -1.47. The third kappa shape index (κ3) is 1.78. The normalized spacial score (nSPS) is 28.5. The lowest BCUT2D eigenvalue weighted by atomic mass is 9.92. The molecule has 90 valence electrons. The van der Waals surface area contributed by atoms with Gasteiger partial charge in [-0.15, -0.1) is 0 Å². The van der Waals surface area contributed by atoms with Gasteiger partial charge in [0.15, 0.2) is 0 Å². The van der Waals surface area contributed by atoms with Crippen molar-refractivity contribution in [2.45, 2.75) is 12.1 Å². The number of carboxylic acid groups (broad SMARTS) is 1. The number of rotatable bonds is 2. The molecule has 3 atom stereocenters. The Kier molecular flexibility index (Phi) is 2.85. The van der Waals surface area contributed by atoms with Gasteiger partial charge >= 0.3 is 5.97 Å². The van der Waals surface area contributed by atoms with Crippen LogP contribution >= 0.6 is 0 Å². The summed E-state index contributed by atoms with van der Waals surface area (Å²) >= 11 is 0. The lowest BCUT2D eigenvalue weighted by Crippen LogP contribution is -2.29. The van der Waals surface area contributed by atoms with Gasteiger partial charge < -0.3 is 15.1 Å². The highest BCUT2D eigenvalue weighted by atomic mass is 16.4. The third-order valence-corrected chi connectivity index (χ3v) is 3.12. The fraction of sp³-hybridized carbons (Fsp3) is 0.333. The molecule has 0 spiro atoms. The van der Waals surface area contributed by atoms with E-state index in [0.29, 0.717) is 5.56 Å². The molecule has 17 heavy (non-hydrogen) atoms. The van der Waals surface area contributed by atoms with Crippen molar-refractivity contribution < 1.29 is 19.8 Å². The Bertz CT molecular complexity index is 445. The monoisotopic (exact) mass is 235 g/mol. The van der Waals surface area contributed by atoms with Crippen molar-refractivity contribution in [1.82, 2.24) is 4.90 Å². The Balaban J connectivity index is 2.43. The summed E-state index contributed by atoms with van der Waals surface area (Å²) in [5.41, 5.74) is 0.715. The molecule has 1 aliphatic rings. The van der Waals surface area contributed by atoms with Crippen LogP contribution in [0.5, 0.6) is 0 Å². The molecule has 1 saturated heterocycles. The highest BCUT2D eigenvalue weighted by Crippen LogP contribution is 2.37. The topological polar surface area (TPSA) is 77.8 Å². The smallest absolute Gasteiger partial charge is 0.312 e. The number of nitrogens with zero attached hydrogens (tertiary/aromatic N) is 1. The van der Waals surface area contributed by atoms with E-state index < -0.39 is 29.9 Å². The molecule has 0 bridgehead atoms. The van der Waals surface area contributed by atoms with Gasteiger partial charge in [0.1, 0.15) is 12.0 Å². The zero-order valence-electron chi connectivity index (χ0n) is 9.28. The Morgan fingerprint density at radius 1 is 1.29 bits per heavy atom. The number of aliphatic hydroxyl groups excluding tert-OH is 1. The number of carbonyl (C=O) groups is 2. The Morgan fingerprint density at radius 2 is 1.88 bits per heavy atom. The van der Waals surface area contributed by atoms with Gasteiger partial charge in [0.2, 0.25) is 0 Å². The van der Waals surface area contributed by atoms with Gasteiger partial charge in [-0.3, -0.25) is 9.59 Å². The second kappa shape index (κ2) is 4.18. The minimum Gasteiger partial charge on any atom is -0.481 e. The average molecular weight is 235 g/mol. The molecule has 0 aliphatic carbocycles. The van der Waals surface area contributed by atoms with Crippen LogP contribution in [0.4, 0.5) is 0 Å². The Labute approximate surface area is 98.3 Å². The molecule has 1 aromatic rings. The number of aliphatic carboxylic acids is 1. The van der Waals surface area contributed by atoms with Gasteiger partial charge in [-0.05, 0) is 5.56 Å². The number of hydrogen-bond acceptors (Lipinski definition) is 3. The van der Waals surface area contributed by atoms with Gasteiger partial charge in [0.25, 0.3) is 5.91 Å². The first kappa shape index (κ1) is 11.6. The van der Waals surface area contributed by atoms with E-state index in [0.717, 1.165) is 0 Å². The summed E-state index contributed by atoms with van der Waals surface area (Å²) in [5, 5.41) is 18.8. The molecule has 0 radical (unpaired) electrons. The van der Waals surface area contributed by atoms with Crippen LogP contribution in [0.15, 0.2) is 30.3 Å². The number of hydrogen-bond donors (Lipinski definition) is 2. The van der Waals surface area contributed by atoms with Crippen LogP contribution in [-0.4, -0.2) is 40.1 Å². The number of likely N-dealkylation sites (tertiary alicyclic amines) is 1. The maximum absolute atomic E-state index is 11.6. The number of aliphatic hydroxyl groups is 1. The molecule has 5 nitrogen and oxygen atoms in total. The molecule has 1 fully saturated rings. The molecule has 1 aromatic carbocycles. The van der Waals surface area contributed by atoms with Gasteiger partial charge in [0, 0.05) is 7.05 Å². The van der Waals surface area contributed by atoms with Crippen LogP contribution in [0.3, 0.4) is 0 Å². The van der Waals surface area contributed by atoms with Crippen molar-refractivity contribution in [2.75, 3.05) is 7.05 Å². The van der Waals surface area contributed by atoms with E-state index in [1.165, 1.54) is 11.9 Å². The fourth-order valence-corrected chi connectivity index (χ4v) is 2.26. The van der Waals surface area contributed by atoms with Crippen molar-refractivity contribution >= 4 is 11.9 Å². The highest BCUT2D eigenvalue weighted by molar-refractivity contribution is 5.91. The van der Waals surface area contributed by atoms with E-state index in [1.54, 1.807) is 24.3 Å². The van der Waals surface area contributed by atoms with Gasteiger partial charge in [0.05, 0.1) is 6.04 Å². The maximum atomic E-state index is 11.6. The van der Waals surface area contributed by atoms with Crippen molar-refractivity contribution in [3.8, 4) is 0 Å². The molecular formula is C12H13NO4. The second-order valence-electron chi connectivity index (χ2n) is 4.11. The van der Waals surface area contributed by atoms with E-state index in [4.69, 9.17) is 5.11 Å². The van der Waals surface area contributed by atoms with Crippen LogP contribution in [-0.2, 0) is 9.59 Å². The Morgan fingerprint density at radius 3 is 2.41 bits per heavy atom. The second-order valence-corrected chi connectivity index (χ2v) is 4.11. The number of carbonyl (C=O) groups excluding carboxylic acids is 1. The van der Waals surface area contributed by atoms with Gasteiger partial charge in [-0.1, -0.05) is 30.3 Å². The van der Waals surface area contributed by atoms with E-state index in [-0.39, 0.29) is 0 Å². The number of carboxylic acids is 1. The quantitative estimate of drug-likeness (QED) is 0.770. The van der Waals surface area contributed by atoms with Crippen molar-refractivity contribution in [1.29, 1.82) is 0 Å². The molecular weight excluding hydrogens is 222 g/mol. The molecule has 1 aliphatic heterocycles. The fourth-order valence-electron chi connectivity index (χ4n) is 2.26. The standard InChI is InChI=1S/C12H13NO4/c1-13-9(7-5-3-2-4-6-7)8(12(16)17)10(14)11(13)15/h2-6,8-10,14H,1H3,(H,16,17)/t8-,9-,10-/m0/s1. The highest BCUT2D eigenvalue weighted by Gasteiger charge is 2.50. The molecule has 1 amide bonds.